The normalized spacial score (nSPS) is 10.6. The lowest BCUT2D eigenvalue weighted by Gasteiger charge is -2.07. The van der Waals surface area contributed by atoms with Crippen LogP contribution in [0.4, 0.5) is 0 Å². The molecule has 112 valence electrons. The maximum Gasteiger partial charge on any atom is 0.310 e. The van der Waals surface area contributed by atoms with E-state index in [1.165, 1.54) is 11.1 Å². The first-order chi connectivity index (χ1) is 9.71. The third-order valence-electron chi connectivity index (χ3n) is 2.81. The number of carbonyl (C=O) groups is 1. The van der Waals surface area contributed by atoms with Gasteiger partial charge in [0.2, 0.25) is 0 Å². The molecule has 1 aromatic carbocycles. The molecule has 0 atom stereocenters. The summed E-state index contributed by atoms with van der Waals surface area (Å²) in [5.74, 6) is -0.162. The molecule has 0 aliphatic rings. The molecule has 0 aliphatic heterocycles. The van der Waals surface area contributed by atoms with E-state index in [2.05, 4.69) is 32.1 Å². The van der Waals surface area contributed by atoms with E-state index in [-0.39, 0.29) is 5.97 Å². The summed E-state index contributed by atoms with van der Waals surface area (Å²) in [4.78, 5) is 11.4. The van der Waals surface area contributed by atoms with E-state index in [9.17, 15) is 4.79 Å². The summed E-state index contributed by atoms with van der Waals surface area (Å²) in [5, 5.41) is 0. The number of allylic oxidation sites excluding steroid dienone is 2. The SMILES string of the molecule is CC.CC/C=C(\CC)c1ccc(CC(=O)OCC)cc1. The van der Waals surface area contributed by atoms with Crippen molar-refractivity contribution < 1.29 is 9.53 Å². The van der Waals surface area contributed by atoms with Gasteiger partial charge in [-0.2, -0.15) is 0 Å². The minimum Gasteiger partial charge on any atom is -0.466 e. The van der Waals surface area contributed by atoms with Crippen molar-refractivity contribution >= 4 is 11.5 Å². The van der Waals surface area contributed by atoms with Crippen molar-refractivity contribution in [3.05, 3.63) is 41.5 Å². The fourth-order valence-corrected chi connectivity index (χ4v) is 1.93. The topological polar surface area (TPSA) is 26.3 Å². The van der Waals surface area contributed by atoms with Crippen LogP contribution in [0, 0.1) is 0 Å². The van der Waals surface area contributed by atoms with Crippen molar-refractivity contribution in [2.24, 2.45) is 0 Å². The Morgan fingerprint density at radius 3 is 2.15 bits per heavy atom. The largest absolute Gasteiger partial charge is 0.466 e. The number of hydrogen-bond acceptors (Lipinski definition) is 2. The molecule has 0 saturated carbocycles. The molecule has 0 unspecified atom stereocenters. The Kier molecular flexibility index (Phi) is 10.4. The lowest BCUT2D eigenvalue weighted by molar-refractivity contribution is -0.142. The zero-order valence-electron chi connectivity index (χ0n) is 13.5. The van der Waals surface area contributed by atoms with E-state index in [0.717, 1.165) is 18.4 Å². The number of ether oxygens (including phenoxy) is 1. The minimum absolute atomic E-state index is 0.162. The third kappa shape index (κ3) is 6.55. The van der Waals surface area contributed by atoms with E-state index in [4.69, 9.17) is 4.74 Å². The van der Waals surface area contributed by atoms with Gasteiger partial charge in [-0.1, -0.05) is 58.0 Å². The fourth-order valence-electron chi connectivity index (χ4n) is 1.93. The van der Waals surface area contributed by atoms with Gasteiger partial charge in [-0.25, -0.2) is 0 Å². The molecule has 0 radical (unpaired) electrons. The summed E-state index contributed by atoms with van der Waals surface area (Å²) in [5.41, 5.74) is 3.61. The first-order valence-electron chi connectivity index (χ1n) is 7.65. The monoisotopic (exact) mass is 276 g/mol. The Hall–Kier alpha value is -1.57. The molecule has 0 amide bonds. The molecular formula is C18H28O2. The number of benzene rings is 1. The van der Waals surface area contributed by atoms with E-state index < -0.39 is 0 Å². The molecule has 0 N–H and O–H groups in total. The van der Waals surface area contributed by atoms with Gasteiger partial charge < -0.3 is 4.74 Å². The molecule has 0 spiro atoms. The molecule has 0 aromatic heterocycles. The molecule has 0 bridgehead atoms. The number of hydrogen-bond donors (Lipinski definition) is 0. The van der Waals surface area contributed by atoms with Crippen LogP contribution < -0.4 is 0 Å². The average molecular weight is 276 g/mol. The predicted molar refractivity (Wildman–Crippen MR) is 86.7 cm³/mol. The Morgan fingerprint density at radius 2 is 1.70 bits per heavy atom. The summed E-state index contributed by atoms with van der Waals surface area (Å²) in [7, 11) is 0. The molecule has 20 heavy (non-hydrogen) atoms. The highest BCUT2D eigenvalue weighted by Gasteiger charge is 2.04. The maximum absolute atomic E-state index is 11.4. The first-order valence-corrected chi connectivity index (χ1v) is 7.65. The standard InChI is InChI=1S/C16H22O2.C2H6/c1-4-7-14(5-2)15-10-8-13(9-11-15)12-16(17)18-6-3;1-2/h7-11H,4-6,12H2,1-3H3;1-2H3/b14-7+;. The van der Waals surface area contributed by atoms with Gasteiger partial charge in [0, 0.05) is 0 Å². The van der Waals surface area contributed by atoms with Crippen molar-refractivity contribution in [3.8, 4) is 0 Å². The lowest BCUT2D eigenvalue weighted by Crippen LogP contribution is -2.07. The van der Waals surface area contributed by atoms with Crippen LogP contribution in [0.25, 0.3) is 5.57 Å². The van der Waals surface area contributed by atoms with Crippen LogP contribution in [0.1, 0.15) is 58.6 Å². The van der Waals surface area contributed by atoms with Gasteiger partial charge in [-0.05, 0) is 36.5 Å². The van der Waals surface area contributed by atoms with Crippen LogP contribution in [0.5, 0.6) is 0 Å². The van der Waals surface area contributed by atoms with Crippen LogP contribution in [0.15, 0.2) is 30.3 Å². The summed E-state index contributed by atoms with van der Waals surface area (Å²) in [6.07, 6.45) is 4.69. The summed E-state index contributed by atoms with van der Waals surface area (Å²) >= 11 is 0. The highest BCUT2D eigenvalue weighted by atomic mass is 16.5. The molecule has 1 rings (SSSR count). The van der Waals surface area contributed by atoms with E-state index in [1.54, 1.807) is 0 Å². The van der Waals surface area contributed by atoms with Gasteiger partial charge in [0.15, 0.2) is 0 Å². The summed E-state index contributed by atoms with van der Waals surface area (Å²) in [6, 6.07) is 8.18. The molecular weight excluding hydrogens is 248 g/mol. The van der Waals surface area contributed by atoms with Crippen molar-refractivity contribution in [1.82, 2.24) is 0 Å². The van der Waals surface area contributed by atoms with Crippen molar-refractivity contribution in [2.75, 3.05) is 6.61 Å². The van der Waals surface area contributed by atoms with Gasteiger partial charge in [-0.3, -0.25) is 4.79 Å². The Morgan fingerprint density at radius 1 is 1.10 bits per heavy atom. The van der Waals surface area contributed by atoms with Crippen LogP contribution in [0.3, 0.4) is 0 Å². The Labute approximate surface area is 123 Å². The van der Waals surface area contributed by atoms with Gasteiger partial charge in [0.05, 0.1) is 13.0 Å². The zero-order valence-corrected chi connectivity index (χ0v) is 13.5. The van der Waals surface area contributed by atoms with Gasteiger partial charge in [0.1, 0.15) is 0 Å². The van der Waals surface area contributed by atoms with Crippen LogP contribution >= 0.6 is 0 Å². The highest BCUT2D eigenvalue weighted by Crippen LogP contribution is 2.19. The fraction of sp³-hybridized carbons (Fsp3) is 0.500. The summed E-state index contributed by atoms with van der Waals surface area (Å²) < 4.78 is 4.93. The predicted octanol–water partition coefficient (Wildman–Crippen LogP) is 5.02. The smallest absolute Gasteiger partial charge is 0.310 e. The van der Waals surface area contributed by atoms with Crippen molar-refractivity contribution in [2.45, 2.75) is 53.9 Å². The first kappa shape index (κ1) is 18.4. The Bertz CT molecular complexity index is 402. The average Bonchev–Trinajstić information content (AvgIpc) is 2.48. The van der Waals surface area contributed by atoms with Crippen LogP contribution in [-0.4, -0.2) is 12.6 Å². The second-order valence-corrected chi connectivity index (χ2v) is 4.17. The molecule has 0 saturated heterocycles. The molecule has 0 heterocycles. The van der Waals surface area contributed by atoms with Gasteiger partial charge in [0.25, 0.3) is 0 Å². The van der Waals surface area contributed by atoms with E-state index in [0.29, 0.717) is 13.0 Å². The van der Waals surface area contributed by atoms with Gasteiger partial charge >= 0.3 is 5.97 Å². The van der Waals surface area contributed by atoms with E-state index in [1.807, 2.05) is 32.9 Å². The second kappa shape index (κ2) is 11.3. The van der Waals surface area contributed by atoms with Crippen molar-refractivity contribution in [3.63, 3.8) is 0 Å². The number of rotatable bonds is 6. The highest BCUT2D eigenvalue weighted by molar-refractivity contribution is 5.73. The van der Waals surface area contributed by atoms with Crippen LogP contribution in [-0.2, 0) is 16.0 Å². The van der Waals surface area contributed by atoms with E-state index >= 15 is 0 Å². The minimum atomic E-state index is -0.162. The molecule has 2 heteroatoms. The molecule has 1 aromatic rings. The number of esters is 1. The zero-order chi connectivity index (χ0) is 15.4. The maximum atomic E-state index is 11.4. The second-order valence-electron chi connectivity index (χ2n) is 4.17. The number of carbonyl (C=O) groups excluding carboxylic acids is 1. The summed E-state index contributed by atoms with van der Waals surface area (Å²) in [6.45, 7) is 10.6. The van der Waals surface area contributed by atoms with Crippen LogP contribution in [0.2, 0.25) is 0 Å². The third-order valence-corrected chi connectivity index (χ3v) is 2.81. The quantitative estimate of drug-likeness (QED) is 0.682. The Balaban J connectivity index is 0.00000172. The molecule has 0 aliphatic carbocycles. The lowest BCUT2D eigenvalue weighted by atomic mass is 10.0. The van der Waals surface area contributed by atoms with Gasteiger partial charge in [-0.15, -0.1) is 0 Å². The molecule has 2 nitrogen and oxygen atoms in total. The molecule has 0 fully saturated rings. The van der Waals surface area contributed by atoms with Crippen molar-refractivity contribution in [1.29, 1.82) is 0 Å².